The molecule has 1 atom stereocenters. The molecule has 0 aliphatic rings. The molecule has 0 fully saturated rings. The first kappa shape index (κ1) is 15.4. The maximum absolute atomic E-state index is 11.5. The fraction of sp³-hybridized carbons (Fsp3) is 0.917. The molecule has 3 N–H and O–H groups in total. The molecule has 0 aromatic rings. The van der Waals surface area contributed by atoms with Crippen molar-refractivity contribution in [3.8, 4) is 0 Å². The van der Waals surface area contributed by atoms with Crippen LogP contribution in [0.2, 0.25) is 0 Å². The maximum atomic E-state index is 11.5. The summed E-state index contributed by atoms with van der Waals surface area (Å²) in [6.07, 6.45) is 2.08. The third-order valence-electron chi connectivity index (χ3n) is 2.45. The van der Waals surface area contributed by atoms with Gasteiger partial charge in [0.05, 0.1) is 6.54 Å². The molecule has 0 saturated heterocycles. The monoisotopic (exact) mass is 230 g/mol. The lowest BCUT2D eigenvalue weighted by Crippen LogP contribution is -2.42. The molecule has 0 aliphatic heterocycles. The molecule has 96 valence electrons. The van der Waals surface area contributed by atoms with Gasteiger partial charge in [-0.3, -0.25) is 4.79 Å². The molecule has 0 radical (unpaired) electrons. The van der Waals surface area contributed by atoms with Gasteiger partial charge in [0.1, 0.15) is 0 Å². The van der Waals surface area contributed by atoms with Crippen molar-refractivity contribution in [1.82, 2.24) is 10.6 Å². The van der Waals surface area contributed by atoms with Gasteiger partial charge in [0, 0.05) is 24.6 Å². The summed E-state index contributed by atoms with van der Waals surface area (Å²) in [6.45, 7) is 9.10. The Bertz CT molecular complexity index is 205. The van der Waals surface area contributed by atoms with Gasteiger partial charge in [-0.25, -0.2) is 0 Å². The van der Waals surface area contributed by atoms with Crippen LogP contribution in [0.5, 0.6) is 0 Å². The van der Waals surface area contributed by atoms with E-state index in [0.29, 0.717) is 13.1 Å². The number of nitrogens with one attached hydrogen (secondary N) is 2. The largest absolute Gasteiger partial charge is 0.396 e. The Hall–Kier alpha value is -0.610. The van der Waals surface area contributed by atoms with E-state index < -0.39 is 0 Å². The number of aliphatic hydroxyl groups excluding tert-OH is 1. The Labute approximate surface area is 98.8 Å². The smallest absolute Gasteiger partial charge is 0.234 e. The molecule has 0 aromatic carbocycles. The summed E-state index contributed by atoms with van der Waals surface area (Å²) in [5.41, 5.74) is -0.171. The molecule has 4 heteroatoms. The topological polar surface area (TPSA) is 61.4 Å². The van der Waals surface area contributed by atoms with E-state index in [9.17, 15) is 4.79 Å². The maximum Gasteiger partial charge on any atom is 0.234 e. The summed E-state index contributed by atoms with van der Waals surface area (Å²) >= 11 is 0. The van der Waals surface area contributed by atoms with Gasteiger partial charge in [0.2, 0.25) is 5.91 Å². The first-order chi connectivity index (χ1) is 7.41. The van der Waals surface area contributed by atoms with Crippen LogP contribution in [0.15, 0.2) is 0 Å². The number of amides is 1. The van der Waals surface area contributed by atoms with Crippen LogP contribution in [0.25, 0.3) is 0 Å². The van der Waals surface area contributed by atoms with Crippen molar-refractivity contribution in [2.75, 3.05) is 19.7 Å². The first-order valence-corrected chi connectivity index (χ1v) is 6.02. The third-order valence-corrected chi connectivity index (χ3v) is 2.45. The van der Waals surface area contributed by atoms with E-state index in [1.54, 1.807) is 0 Å². The molecular weight excluding hydrogens is 204 g/mol. The van der Waals surface area contributed by atoms with E-state index in [1.807, 2.05) is 20.8 Å². The highest BCUT2D eigenvalue weighted by molar-refractivity contribution is 5.78. The van der Waals surface area contributed by atoms with Crippen LogP contribution < -0.4 is 10.6 Å². The van der Waals surface area contributed by atoms with E-state index in [4.69, 9.17) is 5.11 Å². The lowest BCUT2D eigenvalue weighted by atomic mass is 9.95. The van der Waals surface area contributed by atoms with Crippen molar-refractivity contribution < 1.29 is 9.90 Å². The minimum Gasteiger partial charge on any atom is -0.396 e. The summed E-state index contributed by atoms with van der Waals surface area (Å²) in [6, 6.07) is 0.241. The summed E-state index contributed by atoms with van der Waals surface area (Å²) in [5, 5.41) is 15.0. The van der Waals surface area contributed by atoms with Gasteiger partial charge in [-0.15, -0.1) is 0 Å². The molecule has 0 aromatic heterocycles. The average molecular weight is 230 g/mol. The molecule has 0 spiro atoms. The lowest BCUT2D eigenvalue weighted by Gasteiger charge is -2.22. The van der Waals surface area contributed by atoms with Crippen LogP contribution >= 0.6 is 0 Å². The number of aliphatic hydroxyl groups is 1. The van der Waals surface area contributed by atoms with Crippen LogP contribution in [0.4, 0.5) is 0 Å². The summed E-state index contributed by atoms with van der Waals surface area (Å²) in [5.74, 6) is 0.0229. The third kappa shape index (κ3) is 7.65. The summed E-state index contributed by atoms with van der Waals surface area (Å²) in [4.78, 5) is 11.5. The zero-order valence-electron chi connectivity index (χ0n) is 11.0. The predicted octanol–water partition coefficient (Wildman–Crippen LogP) is 0.899. The predicted molar refractivity (Wildman–Crippen MR) is 66.2 cm³/mol. The van der Waals surface area contributed by atoms with E-state index >= 15 is 0 Å². The normalized spacial score (nSPS) is 13.6. The van der Waals surface area contributed by atoms with Gasteiger partial charge in [-0.2, -0.15) is 0 Å². The highest BCUT2D eigenvalue weighted by atomic mass is 16.3. The highest BCUT2D eigenvalue weighted by Gasteiger charge is 2.16. The minimum atomic E-state index is -0.171. The number of hydrogen-bond acceptors (Lipinski definition) is 3. The average Bonchev–Trinajstić information content (AvgIpc) is 2.17. The Kier molecular flexibility index (Phi) is 7.34. The van der Waals surface area contributed by atoms with Crippen molar-refractivity contribution >= 4 is 5.91 Å². The summed E-state index contributed by atoms with van der Waals surface area (Å²) < 4.78 is 0. The van der Waals surface area contributed by atoms with Crippen LogP contribution in [-0.4, -0.2) is 36.8 Å². The lowest BCUT2D eigenvalue weighted by molar-refractivity contribution is -0.120. The molecule has 4 nitrogen and oxygen atoms in total. The second-order valence-corrected chi connectivity index (χ2v) is 5.18. The fourth-order valence-electron chi connectivity index (χ4n) is 1.40. The number of rotatable bonds is 8. The second-order valence-electron chi connectivity index (χ2n) is 5.18. The van der Waals surface area contributed by atoms with Crippen molar-refractivity contribution in [1.29, 1.82) is 0 Å². The van der Waals surface area contributed by atoms with Gasteiger partial charge in [0.25, 0.3) is 0 Å². The standard InChI is InChI=1S/C12H26N2O2/c1-5-6-10(2)14-11(16)7-13-8-12(3,4)9-15/h10,13,15H,5-9H2,1-4H3,(H,14,16). The zero-order valence-corrected chi connectivity index (χ0v) is 11.0. The molecule has 0 aliphatic carbocycles. The molecule has 1 amide bonds. The van der Waals surface area contributed by atoms with Crippen molar-refractivity contribution in [2.45, 2.75) is 46.6 Å². The van der Waals surface area contributed by atoms with E-state index in [1.165, 1.54) is 0 Å². The van der Waals surface area contributed by atoms with Gasteiger partial charge in [-0.1, -0.05) is 27.2 Å². The zero-order chi connectivity index (χ0) is 12.6. The molecule has 0 saturated carbocycles. The molecular formula is C12H26N2O2. The number of carbonyl (C=O) groups excluding carboxylic acids is 1. The number of carbonyl (C=O) groups is 1. The van der Waals surface area contributed by atoms with Crippen molar-refractivity contribution in [3.05, 3.63) is 0 Å². The summed E-state index contributed by atoms with van der Waals surface area (Å²) in [7, 11) is 0. The van der Waals surface area contributed by atoms with Gasteiger partial charge >= 0.3 is 0 Å². The number of hydrogen-bond donors (Lipinski definition) is 3. The molecule has 1 unspecified atom stereocenters. The van der Waals surface area contributed by atoms with Crippen LogP contribution in [0.1, 0.15) is 40.5 Å². The SMILES string of the molecule is CCCC(C)NC(=O)CNCC(C)(C)CO. The van der Waals surface area contributed by atoms with Crippen LogP contribution in [-0.2, 0) is 4.79 Å². The van der Waals surface area contributed by atoms with Crippen molar-refractivity contribution in [2.24, 2.45) is 5.41 Å². The molecule has 0 rings (SSSR count). The second kappa shape index (κ2) is 7.63. The van der Waals surface area contributed by atoms with Gasteiger partial charge in [0.15, 0.2) is 0 Å². The Balaban J connectivity index is 3.66. The van der Waals surface area contributed by atoms with Crippen molar-refractivity contribution in [3.63, 3.8) is 0 Å². The fourth-order valence-corrected chi connectivity index (χ4v) is 1.40. The van der Waals surface area contributed by atoms with Crippen LogP contribution in [0, 0.1) is 5.41 Å². The van der Waals surface area contributed by atoms with E-state index in [0.717, 1.165) is 12.8 Å². The quantitative estimate of drug-likeness (QED) is 0.580. The van der Waals surface area contributed by atoms with E-state index in [2.05, 4.69) is 17.6 Å². The highest BCUT2D eigenvalue weighted by Crippen LogP contribution is 2.10. The molecule has 0 heterocycles. The Morgan fingerprint density at radius 3 is 2.56 bits per heavy atom. The molecule has 0 bridgehead atoms. The minimum absolute atomic E-state index is 0.0229. The first-order valence-electron chi connectivity index (χ1n) is 6.02. The molecule has 16 heavy (non-hydrogen) atoms. The Morgan fingerprint density at radius 2 is 2.06 bits per heavy atom. The van der Waals surface area contributed by atoms with Crippen LogP contribution in [0.3, 0.4) is 0 Å². The van der Waals surface area contributed by atoms with E-state index in [-0.39, 0.29) is 24.0 Å². The van der Waals surface area contributed by atoms with Gasteiger partial charge in [-0.05, 0) is 13.3 Å². The Morgan fingerprint density at radius 1 is 1.44 bits per heavy atom. The van der Waals surface area contributed by atoms with Gasteiger partial charge < -0.3 is 15.7 Å².